The van der Waals surface area contributed by atoms with Gasteiger partial charge in [-0.25, -0.2) is 9.78 Å². The molecule has 0 bridgehead atoms. The summed E-state index contributed by atoms with van der Waals surface area (Å²) in [7, 11) is 0. The molecular weight excluding hydrogens is 444 g/mol. The first-order valence-corrected chi connectivity index (χ1v) is 11.5. The molecular formula is C20H21ClN4O3S2. The molecule has 10 heteroatoms. The zero-order chi connectivity index (χ0) is 21.8. The summed E-state index contributed by atoms with van der Waals surface area (Å²) in [5.74, 6) is -0.529. The number of aromatic nitrogens is 2. The highest BCUT2D eigenvalue weighted by molar-refractivity contribution is 7.99. The lowest BCUT2D eigenvalue weighted by molar-refractivity contribution is -0.117. The number of benzene rings is 1. The van der Waals surface area contributed by atoms with Gasteiger partial charge in [0.25, 0.3) is 5.56 Å². The number of nitrogens with zero attached hydrogens (tertiary/aromatic N) is 2. The molecule has 2 N–H and O–H groups in total. The molecule has 3 amide bonds. The van der Waals surface area contributed by atoms with E-state index in [0.29, 0.717) is 32.6 Å². The lowest BCUT2D eigenvalue weighted by Crippen LogP contribution is -2.40. The molecule has 1 aromatic carbocycles. The highest BCUT2D eigenvalue weighted by atomic mass is 35.5. The molecule has 0 aliphatic rings. The maximum Gasteiger partial charge on any atom is 0.321 e. The lowest BCUT2D eigenvalue weighted by Gasteiger charge is -2.12. The van der Waals surface area contributed by atoms with Crippen molar-refractivity contribution in [2.24, 2.45) is 0 Å². The number of hydrogen-bond acceptors (Lipinski definition) is 6. The summed E-state index contributed by atoms with van der Waals surface area (Å²) in [4.78, 5) is 43.5. The van der Waals surface area contributed by atoms with Gasteiger partial charge in [0.15, 0.2) is 5.16 Å². The Morgan fingerprint density at radius 3 is 2.60 bits per heavy atom. The summed E-state index contributed by atoms with van der Waals surface area (Å²) in [6.07, 6.45) is 0.771. The largest absolute Gasteiger partial charge is 0.338 e. The third-order valence-corrected chi connectivity index (χ3v) is 6.67. The van der Waals surface area contributed by atoms with Crippen LogP contribution in [0.5, 0.6) is 0 Å². The Labute approximate surface area is 186 Å². The molecule has 30 heavy (non-hydrogen) atoms. The molecule has 0 aliphatic carbocycles. The van der Waals surface area contributed by atoms with Crippen LogP contribution >= 0.6 is 34.7 Å². The van der Waals surface area contributed by atoms with E-state index in [2.05, 4.69) is 15.6 Å². The molecule has 7 nitrogen and oxygen atoms in total. The second kappa shape index (κ2) is 9.63. The molecule has 0 saturated carbocycles. The average Bonchev–Trinajstić information content (AvgIpc) is 2.99. The number of halogens is 1. The van der Waals surface area contributed by atoms with Crippen molar-refractivity contribution >= 4 is 56.9 Å². The van der Waals surface area contributed by atoms with Crippen LogP contribution < -0.4 is 16.2 Å². The van der Waals surface area contributed by atoms with Gasteiger partial charge in [-0.3, -0.25) is 19.5 Å². The van der Waals surface area contributed by atoms with Crippen molar-refractivity contribution in [2.75, 3.05) is 12.3 Å². The van der Waals surface area contributed by atoms with Crippen LogP contribution in [-0.4, -0.2) is 33.8 Å². The summed E-state index contributed by atoms with van der Waals surface area (Å²) in [6, 6.07) is 6.31. The number of urea groups is 1. The number of thiophene rings is 1. The fraction of sp³-hybridized carbons (Fsp3) is 0.300. The van der Waals surface area contributed by atoms with Crippen LogP contribution in [0.2, 0.25) is 5.02 Å². The number of hydrogen-bond donors (Lipinski definition) is 2. The van der Waals surface area contributed by atoms with E-state index in [4.69, 9.17) is 11.6 Å². The number of carbonyl (C=O) groups is 2. The second-order valence-electron chi connectivity index (χ2n) is 6.57. The van der Waals surface area contributed by atoms with Gasteiger partial charge in [-0.1, -0.05) is 30.3 Å². The second-order valence-corrected chi connectivity index (χ2v) is 9.15. The van der Waals surface area contributed by atoms with Gasteiger partial charge in [-0.05, 0) is 50.1 Å². The van der Waals surface area contributed by atoms with E-state index in [1.807, 2.05) is 20.8 Å². The zero-order valence-corrected chi connectivity index (χ0v) is 19.1. The third kappa shape index (κ3) is 4.85. The molecule has 3 rings (SSSR count). The maximum atomic E-state index is 13.3. The molecule has 3 aromatic rings. The van der Waals surface area contributed by atoms with E-state index in [1.54, 1.807) is 24.3 Å². The van der Waals surface area contributed by atoms with Crippen LogP contribution in [0, 0.1) is 13.8 Å². The van der Waals surface area contributed by atoms with E-state index >= 15 is 0 Å². The lowest BCUT2D eigenvalue weighted by atomic mass is 10.2. The van der Waals surface area contributed by atoms with Crippen molar-refractivity contribution in [2.45, 2.75) is 32.3 Å². The van der Waals surface area contributed by atoms with Gasteiger partial charge >= 0.3 is 6.03 Å². The Balaban J connectivity index is 1.95. The van der Waals surface area contributed by atoms with E-state index in [0.717, 1.165) is 28.6 Å². The van der Waals surface area contributed by atoms with Gasteiger partial charge in [-0.15, -0.1) is 11.3 Å². The van der Waals surface area contributed by atoms with Crippen molar-refractivity contribution in [3.05, 3.63) is 50.1 Å². The predicted molar refractivity (Wildman–Crippen MR) is 122 cm³/mol. The fourth-order valence-electron chi connectivity index (χ4n) is 2.77. The van der Waals surface area contributed by atoms with Crippen molar-refractivity contribution in [3.63, 3.8) is 0 Å². The molecule has 158 valence electrons. The van der Waals surface area contributed by atoms with Gasteiger partial charge in [0.1, 0.15) is 4.83 Å². The highest BCUT2D eigenvalue weighted by Crippen LogP contribution is 2.29. The Kier molecular flexibility index (Phi) is 7.17. The number of imide groups is 1. The average molecular weight is 465 g/mol. The Hall–Kier alpha value is -2.36. The van der Waals surface area contributed by atoms with Crippen LogP contribution in [0.3, 0.4) is 0 Å². The van der Waals surface area contributed by atoms with Crippen LogP contribution in [0.4, 0.5) is 4.79 Å². The molecule has 2 heterocycles. The Bertz CT molecular complexity index is 1160. The van der Waals surface area contributed by atoms with Crippen LogP contribution in [0.1, 0.15) is 23.8 Å². The molecule has 0 atom stereocenters. The van der Waals surface area contributed by atoms with Gasteiger partial charge in [0.05, 0.1) is 16.8 Å². The van der Waals surface area contributed by atoms with Crippen LogP contribution in [-0.2, 0) is 4.79 Å². The van der Waals surface area contributed by atoms with Crippen LogP contribution in [0.15, 0.2) is 34.2 Å². The zero-order valence-electron chi connectivity index (χ0n) is 16.7. The van der Waals surface area contributed by atoms with Gasteiger partial charge in [0.2, 0.25) is 5.91 Å². The van der Waals surface area contributed by atoms with E-state index in [-0.39, 0.29) is 11.3 Å². The summed E-state index contributed by atoms with van der Waals surface area (Å²) in [6.45, 7) is 6.25. The summed E-state index contributed by atoms with van der Waals surface area (Å²) < 4.78 is 1.48. The van der Waals surface area contributed by atoms with Crippen molar-refractivity contribution in [3.8, 4) is 5.69 Å². The van der Waals surface area contributed by atoms with Gasteiger partial charge in [-0.2, -0.15) is 0 Å². The number of aryl methyl sites for hydroxylation is 2. The molecule has 0 aliphatic heterocycles. The standard InChI is InChI=1S/C20H21ClN4O3S2/c1-4-9-22-19(28)23-15(26)10-29-20-24-17-16(11(2)12(3)30-17)18(27)25(20)14-7-5-13(21)6-8-14/h5-8H,4,9-10H2,1-3H3,(H2,22,23,26,28). The number of carbonyl (C=O) groups excluding carboxylic acids is 2. The Morgan fingerprint density at radius 1 is 1.23 bits per heavy atom. The first kappa shape index (κ1) is 22.3. The molecule has 0 radical (unpaired) electrons. The minimum atomic E-state index is -0.537. The fourth-order valence-corrected chi connectivity index (χ4v) is 4.77. The van der Waals surface area contributed by atoms with Crippen LogP contribution in [0.25, 0.3) is 15.9 Å². The topological polar surface area (TPSA) is 93.1 Å². The number of nitrogens with one attached hydrogen (secondary N) is 2. The number of fused-ring (bicyclic) bond motifs is 1. The maximum absolute atomic E-state index is 13.3. The van der Waals surface area contributed by atoms with E-state index in [1.165, 1.54) is 15.9 Å². The summed E-state index contributed by atoms with van der Waals surface area (Å²) in [5.41, 5.74) is 1.30. The number of rotatable bonds is 6. The summed E-state index contributed by atoms with van der Waals surface area (Å²) >= 11 is 8.53. The first-order valence-electron chi connectivity index (χ1n) is 9.31. The highest BCUT2D eigenvalue weighted by Gasteiger charge is 2.19. The minimum absolute atomic E-state index is 0.0611. The smallest absolute Gasteiger partial charge is 0.321 e. The molecule has 0 fully saturated rings. The minimum Gasteiger partial charge on any atom is -0.338 e. The van der Waals surface area contributed by atoms with Crippen molar-refractivity contribution in [1.29, 1.82) is 0 Å². The SMILES string of the molecule is CCCNC(=O)NC(=O)CSc1nc2sc(C)c(C)c2c(=O)n1-c1ccc(Cl)cc1. The molecule has 2 aromatic heterocycles. The van der Waals surface area contributed by atoms with Crippen molar-refractivity contribution < 1.29 is 9.59 Å². The predicted octanol–water partition coefficient (Wildman–Crippen LogP) is 4.05. The quantitative estimate of drug-likeness (QED) is 0.424. The monoisotopic (exact) mass is 464 g/mol. The Morgan fingerprint density at radius 2 is 1.93 bits per heavy atom. The molecule has 0 spiro atoms. The molecule has 0 unspecified atom stereocenters. The normalized spacial score (nSPS) is 10.9. The number of thioether (sulfide) groups is 1. The van der Waals surface area contributed by atoms with E-state index < -0.39 is 11.9 Å². The van der Waals surface area contributed by atoms with Gasteiger partial charge < -0.3 is 5.32 Å². The van der Waals surface area contributed by atoms with Crippen molar-refractivity contribution in [1.82, 2.24) is 20.2 Å². The van der Waals surface area contributed by atoms with Gasteiger partial charge in [0, 0.05) is 16.4 Å². The first-order chi connectivity index (χ1) is 14.3. The third-order valence-electron chi connectivity index (χ3n) is 4.38. The number of amides is 3. The summed E-state index contributed by atoms with van der Waals surface area (Å²) in [5, 5.41) is 6.36. The van der Waals surface area contributed by atoms with E-state index in [9.17, 15) is 14.4 Å². The molecule has 0 saturated heterocycles.